The zero-order valence-corrected chi connectivity index (χ0v) is 11.6. The predicted molar refractivity (Wildman–Crippen MR) is 73.0 cm³/mol. The minimum atomic E-state index is 0.0315. The van der Waals surface area contributed by atoms with E-state index in [1.54, 1.807) is 0 Å². The van der Waals surface area contributed by atoms with E-state index in [9.17, 15) is 5.26 Å². The quantitative estimate of drug-likeness (QED) is 0.741. The molecule has 0 spiro atoms. The Morgan fingerprint density at radius 2 is 1.65 bits per heavy atom. The molecule has 1 aromatic carbocycles. The maximum atomic E-state index is 9.21. The minimum absolute atomic E-state index is 0.0315. The van der Waals surface area contributed by atoms with Gasteiger partial charge in [-0.25, -0.2) is 0 Å². The second-order valence-corrected chi connectivity index (χ2v) is 6.18. The van der Waals surface area contributed by atoms with Gasteiger partial charge in [-0.3, -0.25) is 0 Å². The summed E-state index contributed by atoms with van der Waals surface area (Å²) < 4.78 is 0. The van der Waals surface area contributed by atoms with E-state index in [0.29, 0.717) is 5.92 Å². The van der Waals surface area contributed by atoms with Gasteiger partial charge in [-0.15, -0.1) is 0 Å². The van der Waals surface area contributed by atoms with Crippen molar-refractivity contribution < 1.29 is 0 Å². The summed E-state index contributed by atoms with van der Waals surface area (Å²) in [6, 6.07) is 10.9. The van der Waals surface area contributed by atoms with E-state index in [4.69, 9.17) is 0 Å². The van der Waals surface area contributed by atoms with Crippen LogP contribution in [0.25, 0.3) is 0 Å². The lowest BCUT2D eigenvalue weighted by Crippen LogP contribution is -2.11. The van der Waals surface area contributed by atoms with Gasteiger partial charge >= 0.3 is 0 Å². The summed E-state index contributed by atoms with van der Waals surface area (Å²) in [6.07, 6.45) is 0.936. The molecule has 0 saturated heterocycles. The average Bonchev–Trinajstić information content (AvgIpc) is 2.24. The Morgan fingerprint density at radius 3 is 2.00 bits per heavy atom. The number of nitriles is 1. The average molecular weight is 229 g/mol. The van der Waals surface area contributed by atoms with Crippen molar-refractivity contribution in [1.29, 1.82) is 5.26 Å². The van der Waals surface area contributed by atoms with Gasteiger partial charge in [0.15, 0.2) is 0 Å². The molecular formula is C16H23N. The Balaban J connectivity index is 2.90. The fourth-order valence-corrected chi connectivity index (χ4v) is 1.95. The highest BCUT2D eigenvalue weighted by Gasteiger charge is 2.16. The first-order valence-corrected chi connectivity index (χ1v) is 6.34. The Labute approximate surface area is 105 Å². The highest BCUT2D eigenvalue weighted by molar-refractivity contribution is 5.31. The van der Waals surface area contributed by atoms with Crippen LogP contribution in [0.15, 0.2) is 24.3 Å². The first kappa shape index (κ1) is 13.8. The molecule has 1 atom stereocenters. The summed E-state index contributed by atoms with van der Waals surface area (Å²) in [5, 5.41) is 9.21. The number of hydrogen-bond acceptors (Lipinski definition) is 1. The molecule has 1 heteroatoms. The third kappa shape index (κ3) is 3.89. The van der Waals surface area contributed by atoms with E-state index in [-0.39, 0.29) is 11.3 Å². The van der Waals surface area contributed by atoms with Crippen LogP contribution < -0.4 is 0 Å². The maximum Gasteiger partial charge on any atom is 0.0715 e. The molecule has 1 aromatic rings. The number of nitrogens with zero attached hydrogens (tertiary/aromatic N) is 1. The molecule has 1 rings (SSSR count). The van der Waals surface area contributed by atoms with Gasteiger partial charge in [0.05, 0.1) is 12.0 Å². The van der Waals surface area contributed by atoms with Crippen LogP contribution in [0.4, 0.5) is 0 Å². The van der Waals surface area contributed by atoms with E-state index in [1.165, 1.54) is 5.56 Å². The summed E-state index contributed by atoms with van der Waals surface area (Å²) in [6.45, 7) is 10.9. The Morgan fingerprint density at radius 1 is 1.12 bits per heavy atom. The summed E-state index contributed by atoms with van der Waals surface area (Å²) in [4.78, 5) is 0. The van der Waals surface area contributed by atoms with Crippen molar-refractivity contribution in [3.63, 3.8) is 0 Å². The largest absolute Gasteiger partial charge is 0.198 e. The first-order chi connectivity index (χ1) is 7.84. The topological polar surface area (TPSA) is 23.8 Å². The molecule has 0 heterocycles. The van der Waals surface area contributed by atoms with Crippen LogP contribution in [0.3, 0.4) is 0 Å². The van der Waals surface area contributed by atoms with Gasteiger partial charge in [-0.2, -0.15) is 5.26 Å². The van der Waals surface area contributed by atoms with E-state index >= 15 is 0 Å². The summed E-state index contributed by atoms with van der Waals surface area (Å²) in [7, 11) is 0. The first-order valence-electron chi connectivity index (χ1n) is 6.34. The Bertz CT molecular complexity index is 387. The predicted octanol–water partition coefficient (Wildman–Crippen LogP) is 4.64. The van der Waals surface area contributed by atoms with Crippen molar-refractivity contribution in [3.05, 3.63) is 35.4 Å². The molecule has 0 aliphatic heterocycles. The van der Waals surface area contributed by atoms with Gasteiger partial charge < -0.3 is 0 Å². The summed E-state index contributed by atoms with van der Waals surface area (Å²) >= 11 is 0. The number of benzene rings is 1. The zero-order valence-electron chi connectivity index (χ0n) is 11.6. The van der Waals surface area contributed by atoms with E-state index in [2.05, 4.69) is 65.0 Å². The fraction of sp³-hybridized carbons (Fsp3) is 0.562. The third-order valence-electron chi connectivity index (χ3n) is 3.04. The molecule has 0 N–H and O–H groups in total. The SMILES string of the molecule is CC(C)CC(C#N)c1ccc(C(C)(C)C)cc1. The van der Waals surface area contributed by atoms with Crippen molar-refractivity contribution in [1.82, 2.24) is 0 Å². The number of hydrogen-bond donors (Lipinski definition) is 0. The van der Waals surface area contributed by atoms with Gasteiger partial charge in [0, 0.05) is 0 Å². The highest BCUT2D eigenvalue weighted by Crippen LogP contribution is 2.27. The van der Waals surface area contributed by atoms with Crippen LogP contribution >= 0.6 is 0 Å². The molecular weight excluding hydrogens is 206 g/mol. The molecule has 0 radical (unpaired) electrons. The fourth-order valence-electron chi connectivity index (χ4n) is 1.95. The standard InChI is InChI=1S/C16H23N/c1-12(2)10-14(11-17)13-6-8-15(9-7-13)16(3,4)5/h6-9,12,14H,10H2,1-5H3. The van der Waals surface area contributed by atoms with Crippen molar-refractivity contribution in [2.75, 3.05) is 0 Å². The van der Waals surface area contributed by atoms with Crippen molar-refractivity contribution in [2.24, 2.45) is 5.92 Å². The van der Waals surface area contributed by atoms with Crippen molar-refractivity contribution in [2.45, 2.75) is 52.4 Å². The van der Waals surface area contributed by atoms with Gasteiger partial charge in [-0.05, 0) is 28.9 Å². The van der Waals surface area contributed by atoms with E-state index in [1.807, 2.05) is 0 Å². The number of rotatable bonds is 3. The summed E-state index contributed by atoms with van der Waals surface area (Å²) in [5.74, 6) is 0.589. The third-order valence-corrected chi connectivity index (χ3v) is 3.04. The zero-order chi connectivity index (χ0) is 13.1. The molecule has 1 unspecified atom stereocenters. The smallest absolute Gasteiger partial charge is 0.0715 e. The second-order valence-electron chi connectivity index (χ2n) is 6.18. The van der Waals surface area contributed by atoms with Gasteiger partial charge in [-0.1, -0.05) is 58.9 Å². The van der Waals surface area contributed by atoms with Crippen molar-refractivity contribution in [3.8, 4) is 6.07 Å². The van der Waals surface area contributed by atoms with E-state index < -0.39 is 0 Å². The summed E-state index contributed by atoms with van der Waals surface area (Å²) in [5.41, 5.74) is 2.65. The molecule has 0 aromatic heterocycles. The van der Waals surface area contributed by atoms with Crippen LogP contribution in [0, 0.1) is 17.2 Å². The Hall–Kier alpha value is -1.29. The Kier molecular flexibility index (Phi) is 4.34. The van der Waals surface area contributed by atoms with Gasteiger partial charge in [0.2, 0.25) is 0 Å². The van der Waals surface area contributed by atoms with Crippen molar-refractivity contribution >= 4 is 0 Å². The molecule has 0 aliphatic carbocycles. The molecule has 0 amide bonds. The molecule has 0 saturated carbocycles. The van der Waals surface area contributed by atoms with Crippen LogP contribution in [0.2, 0.25) is 0 Å². The van der Waals surface area contributed by atoms with Crippen LogP contribution in [0.5, 0.6) is 0 Å². The normalized spacial score (nSPS) is 13.5. The lowest BCUT2D eigenvalue weighted by molar-refractivity contribution is 0.554. The highest BCUT2D eigenvalue weighted by atomic mass is 14.3. The molecule has 17 heavy (non-hydrogen) atoms. The van der Waals surface area contributed by atoms with Gasteiger partial charge in [0.1, 0.15) is 0 Å². The van der Waals surface area contributed by atoms with Gasteiger partial charge in [0.25, 0.3) is 0 Å². The molecule has 0 fully saturated rings. The van der Waals surface area contributed by atoms with Crippen LogP contribution in [-0.2, 0) is 5.41 Å². The molecule has 1 nitrogen and oxygen atoms in total. The monoisotopic (exact) mass is 229 g/mol. The molecule has 0 bridgehead atoms. The maximum absolute atomic E-state index is 9.21. The van der Waals surface area contributed by atoms with Crippen LogP contribution in [-0.4, -0.2) is 0 Å². The minimum Gasteiger partial charge on any atom is -0.198 e. The molecule has 0 aliphatic rings. The van der Waals surface area contributed by atoms with E-state index in [0.717, 1.165) is 12.0 Å². The van der Waals surface area contributed by atoms with Crippen LogP contribution in [0.1, 0.15) is 58.1 Å². The lowest BCUT2D eigenvalue weighted by atomic mass is 9.84. The lowest BCUT2D eigenvalue weighted by Gasteiger charge is -2.20. The second kappa shape index (κ2) is 5.36. The molecule has 92 valence electrons.